The minimum Gasteiger partial charge on any atom is -0.463 e. The van der Waals surface area contributed by atoms with Gasteiger partial charge in [0, 0.05) is 12.7 Å². The summed E-state index contributed by atoms with van der Waals surface area (Å²) in [5.41, 5.74) is 7.31. The van der Waals surface area contributed by atoms with Crippen molar-refractivity contribution in [2.24, 2.45) is 5.73 Å². The number of pyridine rings is 1. The second-order valence-corrected chi connectivity index (χ2v) is 2.73. The summed E-state index contributed by atoms with van der Waals surface area (Å²) in [4.78, 5) is 4.22. The fourth-order valence-electron chi connectivity index (χ4n) is 1.12. The van der Waals surface area contributed by atoms with Gasteiger partial charge in [0.15, 0.2) is 5.76 Å². The van der Waals surface area contributed by atoms with Crippen LogP contribution in [0.25, 0.3) is 11.5 Å². The van der Waals surface area contributed by atoms with Crippen LogP contribution < -0.4 is 5.73 Å². The summed E-state index contributed by atoms with van der Waals surface area (Å²) in [7, 11) is 0. The van der Waals surface area contributed by atoms with Crippen LogP contribution in [-0.2, 0) is 6.54 Å². The molecule has 66 valence electrons. The molecule has 0 spiro atoms. The molecule has 0 aliphatic rings. The van der Waals surface area contributed by atoms with Gasteiger partial charge in [0.2, 0.25) is 0 Å². The van der Waals surface area contributed by atoms with Gasteiger partial charge in [-0.1, -0.05) is 6.07 Å². The Bertz CT molecular complexity index is 364. The van der Waals surface area contributed by atoms with Gasteiger partial charge in [-0.2, -0.15) is 0 Å². The Morgan fingerprint density at radius 2 is 2.23 bits per heavy atom. The van der Waals surface area contributed by atoms with Gasteiger partial charge in [0.05, 0.1) is 6.26 Å². The van der Waals surface area contributed by atoms with E-state index >= 15 is 0 Å². The Morgan fingerprint density at radius 1 is 1.31 bits per heavy atom. The molecule has 13 heavy (non-hydrogen) atoms. The van der Waals surface area contributed by atoms with Gasteiger partial charge < -0.3 is 10.2 Å². The van der Waals surface area contributed by atoms with Crippen molar-refractivity contribution in [3.63, 3.8) is 0 Å². The predicted molar refractivity (Wildman–Crippen MR) is 49.8 cm³/mol. The predicted octanol–water partition coefficient (Wildman–Crippen LogP) is 1.80. The number of aromatic nitrogens is 1. The van der Waals surface area contributed by atoms with Gasteiger partial charge >= 0.3 is 0 Å². The van der Waals surface area contributed by atoms with E-state index in [0.29, 0.717) is 6.54 Å². The van der Waals surface area contributed by atoms with Crippen LogP contribution in [-0.4, -0.2) is 4.98 Å². The van der Waals surface area contributed by atoms with E-state index in [1.807, 2.05) is 24.3 Å². The SMILES string of the molecule is NCc1ccc(-c2ccco2)nc1. The summed E-state index contributed by atoms with van der Waals surface area (Å²) in [6, 6.07) is 7.57. The lowest BCUT2D eigenvalue weighted by Crippen LogP contribution is -1.96. The van der Waals surface area contributed by atoms with Crippen LogP contribution in [0.5, 0.6) is 0 Å². The summed E-state index contributed by atoms with van der Waals surface area (Å²) < 4.78 is 5.20. The topological polar surface area (TPSA) is 52.0 Å². The Morgan fingerprint density at radius 3 is 2.77 bits per heavy atom. The van der Waals surface area contributed by atoms with Crippen molar-refractivity contribution in [3.8, 4) is 11.5 Å². The molecule has 0 aliphatic heterocycles. The first-order valence-corrected chi connectivity index (χ1v) is 4.09. The molecule has 2 rings (SSSR count). The maximum atomic E-state index is 5.46. The summed E-state index contributed by atoms with van der Waals surface area (Å²) in [6.45, 7) is 0.519. The molecular weight excluding hydrogens is 164 g/mol. The molecule has 0 unspecified atom stereocenters. The number of hydrogen-bond acceptors (Lipinski definition) is 3. The highest BCUT2D eigenvalue weighted by Gasteiger charge is 2.00. The normalized spacial score (nSPS) is 10.2. The standard InChI is InChI=1S/C10H10N2O/c11-6-8-3-4-9(12-7-8)10-2-1-5-13-10/h1-5,7H,6,11H2. The van der Waals surface area contributed by atoms with Crippen molar-refractivity contribution in [2.45, 2.75) is 6.54 Å². The van der Waals surface area contributed by atoms with E-state index in [2.05, 4.69) is 4.98 Å². The van der Waals surface area contributed by atoms with E-state index in [1.54, 1.807) is 12.5 Å². The third kappa shape index (κ3) is 1.60. The van der Waals surface area contributed by atoms with E-state index in [1.165, 1.54) is 0 Å². The molecular formula is C10H10N2O. The van der Waals surface area contributed by atoms with Crippen molar-refractivity contribution < 1.29 is 4.42 Å². The van der Waals surface area contributed by atoms with Crippen LogP contribution in [0.3, 0.4) is 0 Å². The van der Waals surface area contributed by atoms with Gasteiger partial charge in [-0.05, 0) is 23.8 Å². The number of nitrogens with zero attached hydrogens (tertiary/aromatic N) is 1. The number of furan rings is 1. The average molecular weight is 174 g/mol. The van der Waals surface area contributed by atoms with Crippen LogP contribution in [0.1, 0.15) is 5.56 Å². The number of rotatable bonds is 2. The minimum atomic E-state index is 0.519. The lowest BCUT2D eigenvalue weighted by molar-refractivity contribution is 0.580. The number of nitrogens with two attached hydrogens (primary N) is 1. The second kappa shape index (κ2) is 3.41. The average Bonchev–Trinajstić information content (AvgIpc) is 2.71. The highest BCUT2D eigenvalue weighted by Crippen LogP contribution is 2.16. The zero-order valence-electron chi connectivity index (χ0n) is 7.10. The molecule has 0 amide bonds. The maximum absolute atomic E-state index is 5.46. The summed E-state index contributed by atoms with van der Waals surface area (Å²) in [5, 5.41) is 0. The lowest BCUT2D eigenvalue weighted by atomic mass is 10.2. The van der Waals surface area contributed by atoms with Crippen molar-refractivity contribution in [3.05, 3.63) is 42.3 Å². The molecule has 2 aromatic heterocycles. The Kier molecular flexibility index (Phi) is 2.10. The van der Waals surface area contributed by atoms with Gasteiger partial charge in [-0.3, -0.25) is 4.98 Å². The molecule has 2 aromatic rings. The fourth-order valence-corrected chi connectivity index (χ4v) is 1.12. The molecule has 3 heteroatoms. The van der Waals surface area contributed by atoms with Crippen LogP contribution in [0.15, 0.2) is 41.1 Å². The molecule has 0 aliphatic carbocycles. The second-order valence-electron chi connectivity index (χ2n) is 2.73. The zero-order valence-corrected chi connectivity index (χ0v) is 7.10. The zero-order chi connectivity index (χ0) is 9.10. The molecule has 0 saturated heterocycles. The van der Waals surface area contributed by atoms with Crippen LogP contribution in [0, 0.1) is 0 Å². The largest absolute Gasteiger partial charge is 0.463 e. The van der Waals surface area contributed by atoms with Gasteiger partial charge in [-0.25, -0.2) is 0 Å². The molecule has 0 fully saturated rings. The first-order chi connectivity index (χ1) is 6.40. The lowest BCUT2D eigenvalue weighted by Gasteiger charge is -1.97. The van der Waals surface area contributed by atoms with E-state index in [-0.39, 0.29) is 0 Å². The van der Waals surface area contributed by atoms with Crippen molar-refractivity contribution in [1.29, 1.82) is 0 Å². The van der Waals surface area contributed by atoms with E-state index < -0.39 is 0 Å². The molecule has 0 radical (unpaired) electrons. The van der Waals surface area contributed by atoms with Crippen molar-refractivity contribution >= 4 is 0 Å². The fraction of sp³-hybridized carbons (Fsp3) is 0.100. The van der Waals surface area contributed by atoms with Crippen LogP contribution in [0.4, 0.5) is 0 Å². The van der Waals surface area contributed by atoms with E-state index in [0.717, 1.165) is 17.0 Å². The minimum absolute atomic E-state index is 0.519. The highest BCUT2D eigenvalue weighted by atomic mass is 16.3. The molecule has 0 aromatic carbocycles. The first-order valence-electron chi connectivity index (χ1n) is 4.09. The summed E-state index contributed by atoms with van der Waals surface area (Å²) in [5.74, 6) is 0.781. The molecule has 0 bridgehead atoms. The molecule has 0 atom stereocenters. The van der Waals surface area contributed by atoms with E-state index in [4.69, 9.17) is 10.2 Å². The van der Waals surface area contributed by atoms with Crippen molar-refractivity contribution in [2.75, 3.05) is 0 Å². The van der Waals surface area contributed by atoms with Gasteiger partial charge in [-0.15, -0.1) is 0 Å². The number of hydrogen-bond donors (Lipinski definition) is 1. The Balaban J connectivity index is 2.33. The van der Waals surface area contributed by atoms with Gasteiger partial charge in [0.1, 0.15) is 5.69 Å². The monoisotopic (exact) mass is 174 g/mol. The first kappa shape index (κ1) is 8.01. The third-order valence-corrected chi connectivity index (χ3v) is 1.83. The maximum Gasteiger partial charge on any atom is 0.152 e. The van der Waals surface area contributed by atoms with E-state index in [9.17, 15) is 0 Å². The quantitative estimate of drug-likeness (QED) is 0.755. The summed E-state index contributed by atoms with van der Waals surface area (Å²) >= 11 is 0. The Labute approximate surface area is 76.2 Å². The molecule has 0 saturated carbocycles. The van der Waals surface area contributed by atoms with Gasteiger partial charge in [0.25, 0.3) is 0 Å². The third-order valence-electron chi connectivity index (χ3n) is 1.83. The van der Waals surface area contributed by atoms with Crippen LogP contribution in [0.2, 0.25) is 0 Å². The smallest absolute Gasteiger partial charge is 0.152 e. The highest BCUT2D eigenvalue weighted by molar-refractivity contribution is 5.51. The molecule has 3 nitrogen and oxygen atoms in total. The Hall–Kier alpha value is -1.61. The van der Waals surface area contributed by atoms with Crippen molar-refractivity contribution in [1.82, 2.24) is 4.98 Å². The molecule has 2 heterocycles. The summed E-state index contributed by atoms with van der Waals surface area (Å²) in [6.07, 6.45) is 3.39. The molecule has 2 N–H and O–H groups in total. The van der Waals surface area contributed by atoms with Crippen LogP contribution >= 0.6 is 0 Å².